The lowest BCUT2D eigenvalue weighted by molar-refractivity contribution is -0.121. The summed E-state index contributed by atoms with van der Waals surface area (Å²) in [5.74, 6) is -0.384. The molecular weight excluding hydrogens is 530 g/mol. The molecule has 0 atom stereocenters. The molecule has 0 aliphatic heterocycles. The molecule has 35 heavy (non-hydrogen) atoms. The Morgan fingerprint density at radius 2 is 1.09 bits per heavy atom. The van der Waals surface area contributed by atoms with Crippen molar-refractivity contribution in [1.29, 1.82) is 0 Å². The summed E-state index contributed by atoms with van der Waals surface area (Å²) in [5.41, 5.74) is 7.96. The van der Waals surface area contributed by atoms with E-state index in [9.17, 15) is 9.59 Å². The Bertz CT molecular complexity index is 1020. The van der Waals surface area contributed by atoms with Crippen molar-refractivity contribution in [3.8, 4) is 0 Å². The van der Waals surface area contributed by atoms with E-state index in [1.54, 1.807) is 36.4 Å². The number of amides is 2. The molecule has 0 fully saturated rings. The summed E-state index contributed by atoms with van der Waals surface area (Å²) in [4.78, 5) is 24.3. The van der Waals surface area contributed by atoms with Crippen LogP contribution < -0.4 is 10.9 Å². The van der Waals surface area contributed by atoms with Crippen molar-refractivity contribution < 1.29 is 9.59 Å². The summed E-state index contributed by atoms with van der Waals surface area (Å²) in [6.45, 7) is 3.86. The zero-order valence-electron chi connectivity index (χ0n) is 19.6. The van der Waals surface area contributed by atoms with Crippen LogP contribution in [0.15, 0.2) is 46.6 Å². The molecule has 10 heteroatoms. The molecule has 6 nitrogen and oxygen atoms in total. The zero-order chi connectivity index (χ0) is 25.8. The van der Waals surface area contributed by atoms with Crippen LogP contribution in [-0.2, 0) is 9.59 Å². The summed E-state index contributed by atoms with van der Waals surface area (Å²) in [7, 11) is 0. The third-order valence-corrected chi connectivity index (χ3v) is 6.19. The third-order valence-electron chi connectivity index (χ3n) is 5.09. The molecule has 2 N–H and O–H groups in total. The zero-order valence-corrected chi connectivity index (χ0v) is 22.7. The normalized spacial score (nSPS) is 11.9. The van der Waals surface area contributed by atoms with Gasteiger partial charge in [0.25, 0.3) is 0 Å². The molecule has 0 saturated carbocycles. The molecule has 2 amide bonds. The maximum absolute atomic E-state index is 12.1. The van der Waals surface area contributed by atoms with Crippen molar-refractivity contribution in [2.75, 3.05) is 0 Å². The van der Waals surface area contributed by atoms with Gasteiger partial charge in [0.1, 0.15) is 0 Å². The van der Waals surface area contributed by atoms with E-state index < -0.39 is 0 Å². The Morgan fingerprint density at radius 1 is 0.686 bits per heavy atom. The summed E-state index contributed by atoms with van der Waals surface area (Å²) >= 11 is 24.3. The first-order valence-electron chi connectivity index (χ1n) is 11.4. The average molecular weight is 558 g/mol. The Balaban J connectivity index is 1.73. The second kappa shape index (κ2) is 15.1. The largest absolute Gasteiger partial charge is 0.273 e. The number of hydrogen-bond donors (Lipinski definition) is 2. The highest BCUT2D eigenvalue weighted by Crippen LogP contribution is 2.23. The number of carbonyl (C=O) groups excluding carboxylic acids is 2. The average Bonchev–Trinajstić information content (AvgIpc) is 2.81. The summed E-state index contributed by atoms with van der Waals surface area (Å²) < 4.78 is 0. The molecule has 0 aromatic heterocycles. The van der Waals surface area contributed by atoms with Crippen molar-refractivity contribution in [2.45, 2.75) is 58.8 Å². The second-order valence-corrected chi connectivity index (χ2v) is 9.39. The quantitative estimate of drug-likeness (QED) is 0.162. The number of hydrogen-bond acceptors (Lipinski definition) is 4. The summed E-state index contributed by atoms with van der Waals surface area (Å²) in [5, 5.41) is 10.5. The Labute approximate surface area is 226 Å². The predicted octanol–water partition coefficient (Wildman–Crippen LogP) is 7.41. The van der Waals surface area contributed by atoms with E-state index in [4.69, 9.17) is 46.4 Å². The van der Waals surface area contributed by atoms with Gasteiger partial charge in [-0.2, -0.15) is 10.2 Å². The van der Waals surface area contributed by atoms with Crippen LogP contribution in [0.5, 0.6) is 0 Å². The van der Waals surface area contributed by atoms with E-state index in [1.807, 2.05) is 13.8 Å². The third kappa shape index (κ3) is 9.80. The van der Waals surface area contributed by atoms with Gasteiger partial charge in [0.2, 0.25) is 11.8 Å². The van der Waals surface area contributed by atoms with Gasteiger partial charge in [0.15, 0.2) is 0 Å². The lowest BCUT2D eigenvalue weighted by atomic mass is 10.1. The number of benzene rings is 2. The van der Waals surface area contributed by atoms with E-state index in [0.717, 1.165) is 17.5 Å². The number of halogens is 4. The maximum Gasteiger partial charge on any atom is 0.240 e. The van der Waals surface area contributed by atoms with E-state index in [0.29, 0.717) is 70.0 Å². The van der Waals surface area contributed by atoms with Gasteiger partial charge in [0, 0.05) is 34.0 Å². The summed E-state index contributed by atoms with van der Waals surface area (Å²) in [6, 6.07) is 10.3. The molecule has 0 spiro atoms. The van der Waals surface area contributed by atoms with Crippen molar-refractivity contribution in [2.24, 2.45) is 10.2 Å². The van der Waals surface area contributed by atoms with E-state index in [-0.39, 0.29) is 11.8 Å². The monoisotopic (exact) mass is 556 g/mol. The van der Waals surface area contributed by atoms with Gasteiger partial charge >= 0.3 is 0 Å². The molecule has 2 aromatic rings. The maximum atomic E-state index is 12.1. The fraction of sp³-hybridized carbons (Fsp3) is 0.360. The molecule has 188 valence electrons. The number of nitrogens with zero attached hydrogens (tertiary/aromatic N) is 2. The van der Waals surface area contributed by atoms with Crippen molar-refractivity contribution in [1.82, 2.24) is 10.9 Å². The van der Waals surface area contributed by atoms with Gasteiger partial charge in [-0.25, -0.2) is 10.9 Å². The highest BCUT2D eigenvalue weighted by atomic mass is 35.5. The molecule has 0 unspecified atom stereocenters. The summed E-state index contributed by atoms with van der Waals surface area (Å²) in [6.07, 6.45) is 3.82. The lowest BCUT2D eigenvalue weighted by Crippen LogP contribution is -2.20. The van der Waals surface area contributed by atoms with Crippen molar-refractivity contribution in [3.05, 3.63) is 67.6 Å². The van der Waals surface area contributed by atoms with Gasteiger partial charge in [0.05, 0.1) is 21.5 Å². The fourth-order valence-electron chi connectivity index (χ4n) is 3.23. The minimum Gasteiger partial charge on any atom is -0.273 e. The smallest absolute Gasteiger partial charge is 0.240 e. The molecule has 2 aromatic carbocycles. The van der Waals surface area contributed by atoms with Crippen LogP contribution in [0.4, 0.5) is 0 Å². The molecule has 0 aliphatic carbocycles. The molecule has 0 radical (unpaired) electrons. The fourth-order valence-corrected chi connectivity index (χ4v) is 4.26. The van der Waals surface area contributed by atoms with Crippen molar-refractivity contribution in [3.63, 3.8) is 0 Å². The minimum absolute atomic E-state index is 0.192. The van der Waals surface area contributed by atoms with Gasteiger partial charge in [-0.1, -0.05) is 78.8 Å². The first-order valence-corrected chi connectivity index (χ1v) is 12.9. The van der Waals surface area contributed by atoms with Crippen molar-refractivity contribution >= 4 is 69.6 Å². The topological polar surface area (TPSA) is 82.9 Å². The minimum atomic E-state index is -0.192. The first kappa shape index (κ1) is 29.1. The van der Waals surface area contributed by atoms with Crippen LogP contribution in [0.25, 0.3) is 0 Å². The molecule has 0 bridgehead atoms. The molecular formula is C25H28Cl4N4O2. The van der Waals surface area contributed by atoms with Crippen LogP contribution >= 0.6 is 46.4 Å². The number of hydrazone groups is 2. The first-order chi connectivity index (χ1) is 16.7. The predicted molar refractivity (Wildman–Crippen MR) is 146 cm³/mol. The van der Waals surface area contributed by atoms with E-state index in [2.05, 4.69) is 21.1 Å². The Morgan fingerprint density at radius 3 is 1.43 bits per heavy atom. The number of unbranched alkanes of at least 4 members (excludes halogenated alkanes) is 2. The van der Waals surface area contributed by atoms with Gasteiger partial charge < -0.3 is 0 Å². The van der Waals surface area contributed by atoms with Crippen LogP contribution in [0.2, 0.25) is 20.1 Å². The van der Waals surface area contributed by atoms with E-state index >= 15 is 0 Å². The number of rotatable bonds is 12. The van der Waals surface area contributed by atoms with Gasteiger partial charge in [-0.15, -0.1) is 0 Å². The van der Waals surface area contributed by atoms with Gasteiger partial charge in [-0.3, -0.25) is 9.59 Å². The Hall–Kier alpha value is -2.12. The highest BCUT2D eigenvalue weighted by molar-refractivity contribution is 6.37. The van der Waals surface area contributed by atoms with Crippen LogP contribution in [-0.4, -0.2) is 23.2 Å². The lowest BCUT2D eigenvalue weighted by Gasteiger charge is -2.08. The molecule has 0 heterocycles. The molecule has 0 saturated heterocycles. The molecule has 2 rings (SSSR count). The number of nitrogens with one attached hydrogen (secondary N) is 2. The van der Waals surface area contributed by atoms with Crippen LogP contribution in [0.3, 0.4) is 0 Å². The number of carbonyl (C=O) groups is 2. The second-order valence-electron chi connectivity index (χ2n) is 7.70. The SMILES string of the molecule is CCC(=NNC(=O)CCCCCC(=O)NN=C(CC)c1ccc(Cl)cc1Cl)c1ccc(Cl)cc1Cl. The standard InChI is InChI=1S/C25H28Cl4N4O2/c1-3-22(18-12-10-16(26)14-20(18)28)30-32-24(34)8-6-5-7-9-25(35)33-31-23(4-2)19-13-11-17(27)15-21(19)29/h10-15H,3-9H2,1-2H3,(H,32,34)(H,33,35). The van der Waals surface area contributed by atoms with Crippen LogP contribution in [0.1, 0.15) is 69.9 Å². The highest BCUT2D eigenvalue weighted by Gasteiger charge is 2.10. The van der Waals surface area contributed by atoms with E-state index in [1.165, 1.54) is 0 Å². The van der Waals surface area contributed by atoms with Gasteiger partial charge in [-0.05, 0) is 49.9 Å². The molecule has 0 aliphatic rings. The Kier molecular flexibility index (Phi) is 12.6. The van der Waals surface area contributed by atoms with Crippen LogP contribution in [0, 0.1) is 0 Å².